The molecule has 2 aromatic carbocycles. The quantitative estimate of drug-likeness (QED) is 0.414. The molecule has 1 heterocycles. The minimum absolute atomic E-state index is 0.0729. The number of nitrogens with one attached hydrogen (secondary N) is 1. The predicted octanol–water partition coefficient (Wildman–Crippen LogP) is 5.02. The lowest BCUT2D eigenvalue weighted by Crippen LogP contribution is -2.15. The molecule has 0 saturated heterocycles. The van der Waals surface area contributed by atoms with E-state index in [1.165, 1.54) is 23.1 Å². The van der Waals surface area contributed by atoms with Crippen LogP contribution < -0.4 is 5.32 Å². The molecule has 1 N–H and O–H groups in total. The smallest absolute Gasteiger partial charge is 0.230 e. The number of hydrogen-bond acceptors (Lipinski definition) is 6. The van der Waals surface area contributed by atoms with E-state index >= 15 is 0 Å². The zero-order chi connectivity index (χ0) is 19.1. The Bertz CT molecular complexity index is 926. The molecule has 0 aliphatic carbocycles. The van der Waals surface area contributed by atoms with Crippen LogP contribution >= 0.6 is 34.9 Å². The summed E-state index contributed by atoms with van der Waals surface area (Å²) < 4.78 is 0.798. The molecule has 0 saturated carbocycles. The molecule has 0 atom stereocenters. The fourth-order valence-electron chi connectivity index (χ4n) is 2.38. The molecule has 0 bridgehead atoms. The third-order valence-electron chi connectivity index (χ3n) is 3.68. The summed E-state index contributed by atoms with van der Waals surface area (Å²) in [6.07, 6.45) is 2.19. The van der Waals surface area contributed by atoms with Crippen LogP contribution in [0.4, 0.5) is 5.69 Å². The van der Waals surface area contributed by atoms with E-state index in [9.17, 15) is 9.59 Å². The Kier molecular flexibility index (Phi) is 7.09. The van der Waals surface area contributed by atoms with Crippen molar-refractivity contribution in [2.75, 3.05) is 17.3 Å². The van der Waals surface area contributed by atoms with Gasteiger partial charge in [-0.25, -0.2) is 4.98 Å². The van der Waals surface area contributed by atoms with Gasteiger partial charge in [-0.2, -0.15) is 0 Å². The number of carbonyl (C=O) groups is 2. The van der Waals surface area contributed by atoms with Gasteiger partial charge in [0.05, 0.1) is 23.6 Å². The summed E-state index contributed by atoms with van der Waals surface area (Å²) in [5.74, 6) is 0.312. The maximum absolute atomic E-state index is 12.3. The molecular formula is C20H18N2O2S3. The van der Waals surface area contributed by atoms with Gasteiger partial charge in [-0.3, -0.25) is 9.59 Å². The van der Waals surface area contributed by atoms with Gasteiger partial charge in [-0.1, -0.05) is 54.2 Å². The fraction of sp³-hybridized carbons (Fsp3) is 0.150. The Morgan fingerprint density at radius 2 is 1.81 bits per heavy atom. The first-order valence-electron chi connectivity index (χ1n) is 8.24. The Labute approximate surface area is 170 Å². The number of ketones is 1. The second-order valence-corrected chi connectivity index (χ2v) is 8.54. The molecule has 0 fully saturated rings. The van der Waals surface area contributed by atoms with Gasteiger partial charge in [0.1, 0.15) is 0 Å². The maximum atomic E-state index is 12.3. The second-order valence-electron chi connectivity index (χ2n) is 5.61. The van der Waals surface area contributed by atoms with Gasteiger partial charge in [0.15, 0.2) is 10.1 Å². The van der Waals surface area contributed by atoms with Crippen LogP contribution in [0.3, 0.4) is 0 Å². The summed E-state index contributed by atoms with van der Waals surface area (Å²) in [5.41, 5.74) is 2.23. The lowest BCUT2D eigenvalue weighted by atomic mass is 10.2. The molecule has 0 aliphatic heterocycles. The largest absolute Gasteiger partial charge is 0.325 e. The van der Waals surface area contributed by atoms with Crippen molar-refractivity contribution in [2.45, 2.75) is 15.7 Å². The number of nitrogens with zero attached hydrogens (tertiary/aromatic N) is 1. The van der Waals surface area contributed by atoms with Crippen LogP contribution in [-0.4, -0.2) is 28.7 Å². The number of thiazole rings is 1. The van der Waals surface area contributed by atoms with Crippen molar-refractivity contribution in [3.63, 3.8) is 0 Å². The van der Waals surface area contributed by atoms with Crippen LogP contribution in [0.25, 0.3) is 0 Å². The number of benzene rings is 2. The lowest BCUT2D eigenvalue weighted by molar-refractivity contribution is -0.115. The van der Waals surface area contributed by atoms with Crippen LogP contribution in [-0.2, 0) is 11.2 Å². The first kappa shape index (κ1) is 19.7. The Morgan fingerprint density at radius 3 is 2.59 bits per heavy atom. The van der Waals surface area contributed by atoms with Gasteiger partial charge >= 0.3 is 0 Å². The third-order valence-corrected chi connectivity index (χ3v) is 6.54. The molecule has 0 radical (unpaired) electrons. The highest BCUT2D eigenvalue weighted by molar-refractivity contribution is 8.01. The van der Waals surface area contributed by atoms with E-state index in [-0.39, 0.29) is 18.1 Å². The summed E-state index contributed by atoms with van der Waals surface area (Å²) in [6.45, 7) is 0. The summed E-state index contributed by atoms with van der Waals surface area (Å²) in [5, 5.41) is 4.81. The molecule has 138 valence electrons. The number of anilines is 1. The van der Waals surface area contributed by atoms with Crippen molar-refractivity contribution in [1.82, 2.24) is 4.98 Å². The van der Waals surface area contributed by atoms with Gasteiger partial charge in [0, 0.05) is 15.8 Å². The summed E-state index contributed by atoms with van der Waals surface area (Å²) >= 11 is 4.45. The van der Waals surface area contributed by atoms with E-state index in [1.807, 2.05) is 66.2 Å². The van der Waals surface area contributed by atoms with Crippen molar-refractivity contribution < 1.29 is 9.59 Å². The van der Waals surface area contributed by atoms with Gasteiger partial charge in [-0.05, 0) is 18.4 Å². The molecule has 4 nitrogen and oxygen atoms in total. The second kappa shape index (κ2) is 9.73. The van der Waals surface area contributed by atoms with Crippen LogP contribution in [0, 0.1) is 0 Å². The number of Topliss-reactive ketones (excluding diaryl/α,β-unsaturated/α-hetero) is 1. The average molecular weight is 415 g/mol. The number of carbonyl (C=O) groups excluding carboxylic acids is 2. The molecule has 0 spiro atoms. The van der Waals surface area contributed by atoms with E-state index < -0.39 is 0 Å². The zero-order valence-electron chi connectivity index (χ0n) is 14.7. The molecule has 0 unspecified atom stereocenters. The summed E-state index contributed by atoms with van der Waals surface area (Å²) in [4.78, 5) is 29.9. The Hall–Kier alpha value is -2.09. The molecule has 0 aliphatic rings. The summed E-state index contributed by atoms with van der Waals surface area (Å²) in [7, 11) is 0. The van der Waals surface area contributed by atoms with E-state index in [0.717, 1.165) is 14.9 Å². The van der Waals surface area contributed by atoms with E-state index in [0.29, 0.717) is 17.0 Å². The maximum Gasteiger partial charge on any atom is 0.230 e. The number of thioether (sulfide) groups is 2. The molecule has 1 aromatic heterocycles. The fourth-order valence-corrected chi connectivity index (χ4v) is 4.67. The average Bonchev–Trinajstić information content (AvgIpc) is 3.14. The normalized spacial score (nSPS) is 10.6. The molecule has 7 heteroatoms. The minimum Gasteiger partial charge on any atom is -0.325 e. The molecule has 1 amide bonds. The third kappa shape index (κ3) is 5.69. The van der Waals surface area contributed by atoms with Crippen LogP contribution in [0.5, 0.6) is 0 Å². The topological polar surface area (TPSA) is 59.1 Å². The van der Waals surface area contributed by atoms with Crippen molar-refractivity contribution in [3.05, 3.63) is 71.2 Å². The van der Waals surface area contributed by atoms with Gasteiger partial charge in [0.25, 0.3) is 0 Å². The number of aromatic nitrogens is 1. The zero-order valence-corrected chi connectivity index (χ0v) is 17.1. The molecule has 3 aromatic rings. The SMILES string of the molecule is CSc1ccccc1NC(=O)Cc1csc(SCC(=O)c2ccccc2)n1. The van der Waals surface area contributed by atoms with Crippen molar-refractivity contribution in [1.29, 1.82) is 0 Å². The van der Waals surface area contributed by atoms with Gasteiger partial charge in [0.2, 0.25) is 5.91 Å². The number of para-hydroxylation sites is 1. The first-order chi connectivity index (χ1) is 13.2. The van der Waals surface area contributed by atoms with E-state index in [4.69, 9.17) is 0 Å². The molecular weight excluding hydrogens is 396 g/mol. The highest BCUT2D eigenvalue weighted by atomic mass is 32.2. The van der Waals surface area contributed by atoms with E-state index in [2.05, 4.69) is 10.3 Å². The van der Waals surface area contributed by atoms with Crippen LogP contribution in [0.1, 0.15) is 16.1 Å². The number of hydrogen-bond donors (Lipinski definition) is 1. The Balaban J connectivity index is 1.53. The Morgan fingerprint density at radius 1 is 1.07 bits per heavy atom. The van der Waals surface area contributed by atoms with Crippen molar-refractivity contribution in [3.8, 4) is 0 Å². The monoisotopic (exact) mass is 414 g/mol. The molecule has 3 rings (SSSR count). The molecule has 27 heavy (non-hydrogen) atoms. The number of rotatable bonds is 8. The minimum atomic E-state index is -0.0984. The lowest BCUT2D eigenvalue weighted by Gasteiger charge is -2.08. The predicted molar refractivity (Wildman–Crippen MR) is 114 cm³/mol. The van der Waals surface area contributed by atoms with E-state index in [1.54, 1.807) is 11.8 Å². The van der Waals surface area contributed by atoms with Crippen LogP contribution in [0.15, 0.2) is 69.2 Å². The van der Waals surface area contributed by atoms with Gasteiger partial charge < -0.3 is 5.32 Å². The number of amides is 1. The highest BCUT2D eigenvalue weighted by Gasteiger charge is 2.12. The highest BCUT2D eigenvalue weighted by Crippen LogP contribution is 2.26. The van der Waals surface area contributed by atoms with Crippen LogP contribution in [0.2, 0.25) is 0 Å². The van der Waals surface area contributed by atoms with Crippen molar-refractivity contribution in [2.24, 2.45) is 0 Å². The van der Waals surface area contributed by atoms with Crippen molar-refractivity contribution >= 4 is 52.2 Å². The van der Waals surface area contributed by atoms with Gasteiger partial charge in [-0.15, -0.1) is 23.1 Å². The summed E-state index contributed by atoms with van der Waals surface area (Å²) in [6, 6.07) is 16.9. The first-order valence-corrected chi connectivity index (χ1v) is 11.3. The standard InChI is InChI=1S/C20H18N2O2S3/c1-25-18-10-6-5-9-16(18)22-19(24)11-15-12-26-20(21-15)27-13-17(23)14-7-3-2-4-8-14/h2-10,12H,11,13H2,1H3,(H,22,24).